The molecule has 1 aromatic rings. The minimum Gasteiger partial charge on any atom is -0.380 e. The van der Waals surface area contributed by atoms with Crippen LogP contribution in [0.4, 0.5) is 5.13 Å². The standard InChI is InChI=1S/C16H31N3OS/c1-6-9-14-15(12-17-13(4)5)21-16(18-14)19(7-2)10-11-20-8-3/h13,17H,6-12H2,1-5H3. The maximum atomic E-state index is 5.47. The van der Waals surface area contributed by atoms with Gasteiger partial charge in [-0.1, -0.05) is 27.2 Å². The summed E-state index contributed by atoms with van der Waals surface area (Å²) < 4.78 is 5.47. The number of aromatic nitrogens is 1. The van der Waals surface area contributed by atoms with Crippen LogP contribution in [0.5, 0.6) is 0 Å². The fourth-order valence-electron chi connectivity index (χ4n) is 2.08. The van der Waals surface area contributed by atoms with Crippen LogP contribution in [0, 0.1) is 0 Å². The number of hydrogen-bond acceptors (Lipinski definition) is 5. The Bertz CT molecular complexity index is 393. The lowest BCUT2D eigenvalue weighted by Gasteiger charge is -2.19. The number of thiazole rings is 1. The lowest BCUT2D eigenvalue weighted by Crippen LogP contribution is -2.27. The zero-order valence-corrected chi connectivity index (χ0v) is 15.1. The highest BCUT2D eigenvalue weighted by Crippen LogP contribution is 2.27. The van der Waals surface area contributed by atoms with Crippen LogP contribution in [-0.2, 0) is 17.7 Å². The lowest BCUT2D eigenvalue weighted by molar-refractivity contribution is 0.154. The summed E-state index contributed by atoms with van der Waals surface area (Å²) in [7, 11) is 0. The molecule has 1 heterocycles. The van der Waals surface area contributed by atoms with E-state index in [-0.39, 0.29) is 0 Å². The van der Waals surface area contributed by atoms with E-state index in [9.17, 15) is 0 Å². The number of anilines is 1. The second-order valence-corrected chi connectivity index (χ2v) is 6.49. The molecule has 122 valence electrons. The Hall–Kier alpha value is -0.650. The predicted octanol–water partition coefficient (Wildman–Crippen LogP) is 3.46. The van der Waals surface area contributed by atoms with E-state index in [1.165, 1.54) is 10.6 Å². The van der Waals surface area contributed by atoms with Gasteiger partial charge in [0.15, 0.2) is 5.13 Å². The molecule has 0 aliphatic heterocycles. The molecule has 0 radical (unpaired) electrons. The first-order valence-electron chi connectivity index (χ1n) is 8.16. The zero-order chi connectivity index (χ0) is 15.7. The predicted molar refractivity (Wildman–Crippen MR) is 92.5 cm³/mol. The molecule has 0 aliphatic carbocycles. The normalized spacial score (nSPS) is 11.3. The van der Waals surface area contributed by atoms with E-state index >= 15 is 0 Å². The highest BCUT2D eigenvalue weighted by molar-refractivity contribution is 7.15. The molecule has 1 aromatic heterocycles. The van der Waals surface area contributed by atoms with Gasteiger partial charge in [0.2, 0.25) is 0 Å². The average molecular weight is 314 g/mol. The molecule has 5 heteroatoms. The van der Waals surface area contributed by atoms with Crippen molar-refractivity contribution in [1.82, 2.24) is 10.3 Å². The SMILES string of the molecule is CCCc1nc(N(CC)CCOCC)sc1CNC(C)C. The Balaban J connectivity index is 2.77. The number of nitrogens with zero attached hydrogens (tertiary/aromatic N) is 2. The van der Waals surface area contributed by atoms with Crippen LogP contribution >= 0.6 is 11.3 Å². The van der Waals surface area contributed by atoms with Crippen molar-refractivity contribution in [2.45, 2.75) is 60.0 Å². The summed E-state index contributed by atoms with van der Waals surface area (Å²) in [6.07, 6.45) is 2.21. The fraction of sp³-hybridized carbons (Fsp3) is 0.812. The van der Waals surface area contributed by atoms with Crippen LogP contribution in [0.15, 0.2) is 0 Å². The van der Waals surface area contributed by atoms with Crippen LogP contribution in [0.1, 0.15) is 51.6 Å². The van der Waals surface area contributed by atoms with E-state index in [2.05, 4.69) is 37.9 Å². The van der Waals surface area contributed by atoms with Crippen molar-refractivity contribution in [3.05, 3.63) is 10.6 Å². The summed E-state index contributed by atoms with van der Waals surface area (Å²) in [5.74, 6) is 0. The summed E-state index contributed by atoms with van der Waals surface area (Å²) in [6, 6.07) is 0.505. The van der Waals surface area contributed by atoms with E-state index in [1.807, 2.05) is 18.3 Å². The van der Waals surface area contributed by atoms with E-state index in [0.717, 1.165) is 50.8 Å². The monoisotopic (exact) mass is 313 g/mol. The number of nitrogens with one attached hydrogen (secondary N) is 1. The third kappa shape index (κ3) is 6.32. The Morgan fingerprint density at radius 3 is 2.62 bits per heavy atom. The molecule has 21 heavy (non-hydrogen) atoms. The van der Waals surface area contributed by atoms with Crippen molar-refractivity contribution >= 4 is 16.5 Å². The first-order chi connectivity index (χ1) is 10.1. The zero-order valence-electron chi connectivity index (χ0n) is 14.2. The number of aryl methyl sites for hydroxylation is 1. The molecule has 0 fully saturated rings. The van der Waals surface area contributed by atoms with Crippen molar-refractivity contribution in [1.29, 1.82) is 0 Å². The molecule has 4 nitrogen and oxygen atoms in total. The van der Waals surface area contributed by atoms with Crippen molar-refractivity contribution in [2.24, 2.45) is 0 Å². The van der Waals surface area contributed by atoms with Crippen LogP contribution in [0.25, 0.3) is 0 Å². The second-order valence-electron chi connectivity index (χ2n) is 5.43. The fourth-order valence-corrected chi connectivity index (χ4v) is 3.23. The van der Waals surface area contributed by atoms with Gasteiger partial charge in [-0.25, -0.2) is 4.98 Å². The summed E-state index contributed by atoms with van der Waals surface area (Å²) >= 11 is 1.83. The minimum atomic E-state index is 0.505. The van der Waals surface area contributed by atoms with E-state index < -0.39 is 0 Å². The third-order valence-electron chi connectivity index (χ3n) is 3.29. The summed E-state index contributed by atoms with van der Waals surface area (Å²) in [5, 5.41) is 4.65. The van der Waals surface area contributed by atoms with Gasteiger partial charge in [-0.2, -0.15) is 0 Å². The average Bonchev–Trinajstić information content (AvgIpc) is 2.85. The topological polar surface area (TPSA) is 37.4 Å². The number of ether oxygens (including phenoxy) is 1. The lowest BCUT2D eigenvalue weighted by atomic mass is 10.2. The minimum absolute atomic E-state index is 0.505. The van der Waals surface area contributed by atoms with Gasteiger partial charge in [-0.3, -0.25) is 0 Å². The smallest absolute Gasteiger partial charge is 0.185 e. The highest BCUT2D eigenvalue weighted by atomic mass is 32.1. The molecule has 0 atom stereocenters. The van der Waals surface area contributed by atoms with Crippen LogP contribution < -0.4 is 10.2 Å². The van der Waals surface area contributed by atoms with E-state index in [1.54, 1.807) is 0 Å². The number of likely N-dealkylation sites (N-methyl/N-ethyl adjacent to an activating group) is 1. The molecular weight excluding hydrogens is 282 g/mol. The third-order valence-corrected chi connectivity index (χ3v) is 4.44. The van der Waals surface area contributed by atoms with Gasteiger partial charge in [-0.05, 0) is 20.3 Å². The van der Waals surface area contributed by atoms with Gasteiger partial charge in [0.1, 0.15) is 0 Å². The molecule has 0 aromatic carbocycles. The van der Waals surface area contributed by atoms with Crippen LogP contribution in [0.3, 0.4) is 0 Å². The molecular formula is C16H31N3OS. The molecule has 0 amide bonds. The number of rotatable bonds is 11. The summed E-state index contributed by atoms with van der Waals surface area (Å²) in [4.78, 5) is 8.58. The molecule has 0 bridgehead atoms. The maximum Gasteiger partial charge on any atom is 0.185 e. The van der Waals surface area contributed by atoms with Gasteiger partial charge in [-0.15, -0.1) is 11.3 Å². The van der Waals surface area contributed by atoms with E-state index in [4.69, 9.17) is 9.72 Å². The number of hydrogen-bond donors (Lipinski definition) is 1. The quantitative estimate of drug-likeness (QED) is 0.635. The van der Waals surface area contributed by atoms with Gasteiger partial charge in [0.05, 0.1) is 12.3 Å². The molecule has 1 N–H and O–H groups in total. The molecule has 0 spiro atoms. The van der Waals surface area contributed by atoms with Gasteiger partial charge in [0.25, 0.3) is 0 Å². The van der Waals surface area contributed by atoms with Crippen molar-refractivity contribution < 1.29 is 4.74 Å². The Morgan fingerprint density at radius 2 is 2.05 bits per heavy atom. The Labute approximate surface area is 133 Å². The van der Waals surface area contributed by atoms with Crippen LogP contribution in [0.2, 0.25) is 0 Å². The van der Waals surface area contributed by atoms with Crippen LogP contribution in [-0.4, -0.2) is 37.3 Å². The molecule has 0 unspecified atom stereocenters. The molecule has 0 aliphatic rings. The first kappa shape index (κ1) is 18.4. The molecule has 0 saturated heterocycles. The highest BCUT2D eigenvalue weighted by Gasteiger charge is 2.15. The van der Waals surface area contributed by atoms with Gasteiger partial charge in [0, 0.05) is 37.2 Å². The maximum absolute atomic E-state index is 5.47. The molecule has 1 rings (SSSR count). The largest absolute Gasteiger partial charge is 0.380 e. The van der Waals surface area contributed by atoms with Crippen molar-refractivity contribution in [3.63, 3.8) is 0 Å². The summed E-state index contributed by atoms with van der Waals surface area (Å²) in [6.45, 7) is 15.2. The van der Waals surface area contributed by atoms with E-state index in [0.29, 0.717) is 6.04 Å². The van der Waals surface area contributed by atoms with Crippen molar-refractivity contribution in [3.8, 4) is 0 Å². The van der Waals surface area contributed by atoms with Gasteiger partial charge >= 0.3 is 0 Å². The van der Waals surface area contributed by atoms with Crippen molar-refractivity contribution in [2.75, 3.05) is 31.2 Å². The Kier molecular flexibility index (Phi) is 8.88. The second kappa shape index (κ2) is 10.1. The Morgan fingerprint density at radius 1 is 1.29 bits per heavy atom. The summed E-state index contributed by atoms with van der Waals surface area (Å²) in [5.41, 5.74) is 1.26. The molecule has 0 saturated carbocycles. The van der Waals surface area contributed by atoms with Gasteiger partial charge < -0.3 is 15.0 Å². The first-order valence-corrected chi connectivity index (χ1v) is 8.98.